The van der Waals surface area contributed by atoms with Gasteiger partial charge in [0.1, 0.15) is 5.78 Å². The molecule has 5 heteroatoms. The van der Waals surface area contributed by atoms with Gasteiger partial charge in [-0.25, -0.2) is 9.59 Å². The average Bonchev–Trinajstić information content (AvgIpc) is 3.19. The van der Waals surface area contributed by atoms with Gasteiger partial charge in [0.2, 0.25) is 0 Å². The molecule has 0 bridgehead atoms. The van der Waals surface area contributed by atoms with Gasteiger partial charge in [-0.1, -0.05) is 25.1 Å². The van der Waals surface area contributed by atoms with E-state index in [1.165, 1.54) is 11.1 Å². The Bertz CT molecular complexity index is 1130. The first-order valence-electron chi connectivity index (χ1n) is 12.5. The molecule has 0 aromatic heterocycles. The molecule has 3 aliphatic carbocycles. The maximum absolute atomic E-state index is 13.4. The summed E-state index contributed by atoms with van der Waals surface area (Å²) < 4.78 is 0. The lowest BCUT2D eigenvalue weighted by atomic mass is 9.53. The Kier molecular flexibility index (Phi) is 5.83. The molecule has 0 aliphatic heterocycles. The third-order valence-electron chi connectivity index (χ3n) is 9.22. The van der Waals surface area contributed by atoms with Crippen molar-refractivity contribution >= 4 is 17.7 Å². The zero-order valence-electron chi connectivity index (χ0n) is 19.6. The molecule has 2 fully saturated rings. The van der Waals surface area contributed by atoms with Gasteiger partial charge < -0.3 is 10.2 Å². The van der Waals surface area contributed by atoms with Crippen molar-refractivity contribution in [2.24, 2.45) is 23.2 Å². The number of hydrogen-bond acceptors (Lipinski definition) is 3. The number of aryl methyl sites for hydroxylation is 2. The quantitative estimate of drug-likeness (QED) is 0.572. The van der Waals surface area contributed by atoms with Gasteiger partial charge in [0.05, 0.1) is 11.1 Å². The monoisotopic (exact) mass is 460 g/mol. The van der Waals surface area contributed by atoms with Crippen LogP contribution in [0.2, 0.25) is 0 Å². The van der Waals surface area contributed by atoms with Crippen LogP contribution in [0.1, 0.15) is 88.8 Å². The maximum atomic E-state index is 13.4. The van der Waals surface area contributed by atoms with E-state index in [0.717, 1.165) is 44.1 Å². The number of carboxylic acid groups (broad SMARTS) is 2. The number of rotatable bonds is 6. The fourth-order valence-corrected chi connectivity index (χ4v) is 7.50. The van der Waals surface area contributed by atoms with Gasteiger partial charge in [0, 0.05) is 12.3 Å². The highest BCUT2D eigenvalue weighted by Gasteiger charge is 2.56. The largest absolute Gasteiger partial charge is 0.478 e. The Hall–Kier alpha value is -2.95. The Balaban J connectivity index is 1.28. The fraction of sp³-hybridized carbons (Fsp3) is 0.483. The van der Waals surface area contributed by atoms with E-state index in [-0.39, 0.29) is 16.9 Å². The number of Topliss-reactive ketones (excluding diaryl/α,β-unsaturated/α-hetero) is 1. The molecule has 34 heavy (non-hydrogen) atoms. The molecule has 2 aromatic rings. The number of fused-ring (bicyclic) bond motifs is 5. The van der Waals surface area contributed by atoms with Crippen molar-refractivity contribution in [1.82, 2.24) is 0 Å². The van der Waals surface area contributed by atoms with Crippen molar-refractivity contribution in [3.05, 3.63) is 70.3 Å². The van der Waals surface area contributed by atoms with Crippen LogP contribution in [0.25, 0.3) is 0 Å². The molecule has 3 aliphatic rings. The minimum Gasteiger partial charge on any atom is -0.478 e. The maximum Gasteiger partial charge on any atom is 0.335 e. The van der Waals surface area contributed by atoms with Crippen LogP contribution in [0.5, 0.6) is 0 Å². The molecule has 0 spiro atoms. The summed E-state index contributed by atoms with van der Waals surface area (Å²) in [6, 6.07) is 12.5. The topological polar surface area (TPSA) is 91.7 Å². The first-order chi connectivity index (χ1) is 16.3. The van der Waals surface area contributed by atoms with Gasteiger partial charge >= 0.3 is 11.9 Å². The molecule has 2 saturated carbocycles. The van der Waals surface area contributed by atoms with Crippen LogP contribution in [0.4, 0.5) is 0 Å². The van der Waals surface area contributed by atoms with Gasteiger partial charge in [-0.15, -0.1) is 0 Å². The van der Waals surface area contributed by atoms with Crippen LogP contribution < -0.4 is 0 Å². The molecule has 5 rings (SSSR count). The summed E-state index contributed by atoms with van der Waals surface area (Å²) in [5, 5.41) is 18.4. The Morgan fingerprint density at radius 1 is 0.912 bits per heavy atom. The van der Waals surface area contributed by atoms with Crippen molar-refractivity contribution in [3.8, 4) is 0 Å². The van der Waals surface area contributed by atoms with Gasteiger partial charge in [-0.3, -0.25) is 4.79 Å². The van der Waals surface area contributed by atoms with E-state index < -0.39 is 11.9 Å². The van der Waals surface area contributed by atoms with Gasteiger partial charge in [0.15, 0.2) is 0 Å². The molecule has 0 saturated heterocycles. The summed E-state index contributed by atoms with van der Waals surface area (Å²) in [7, 11) is 0. The van der Waals surface area contributed by atoms with Gasteiger partial charge in [0.25, 0.3) is 0 Å². The first kappa shape index (κ1) is 22.8. The molecule has 2 aromatic carbocycles. The Labute approximate surface area is 200 Å². The summed E-state index contributed by atoms with van der Waals surface area (Å²) >= 11 is 0. The molecule has 0 amide bonds. The predicted octanol–water partition coefficient (Wildman–Crippen LogP) is 5.76. The van der Waals surface area contributed by atoms with Crippen LogP contribution >= 0.6 is 0 Å². The summed E-state index contributed by atoms with van der Waals surface area (Å²) in [5.41, 5.74) is 4.23. The molecule has 0 radical (unpaired) electrons. The summed E-state index contributed by atoms with van der Waals surface area (Å²) in [5.74, 6) is 0.254. The molecule has 5 nitrogen and oxygen atoms in total. The lowest BCUT2D eigenvalue weighted by molar-refractivity contribution is -0.128. The molecular formula is C29H32O5. The summed E-state index contributed by atoms with van der Waals surface area (Å²) in [6.45, 7) is 2.34. The van der Waals surface area contributed by atoms with E-state index in [4.69, 9.17) is 5.11 Å². The van der Waals surface area contributed by atoms with E-state index in [1.807, 2.05) is 24.3 Å². The third-order valence-corrected chi connectivity index (χ3v) is 9.22. The van der Waals surface area contributed by atoms with E-state index in [1.54, 1.807) is 18.2 Å². The first-order valence-corrected chi connectivity index (χ1v) is 12.5. The highest BCUT2D eigenvalue weighted by Crippen LogP contribution is 2.63. The van der Waals surface area contributed by atoms with Crippen molar-refractivity contribution < 1.29 is 24.6 Å². The van der Waals surface area contributed by atoms with E-state index in [9.17, 15) is 19.5 Å². The van der Waals surface area contributed by atoms with Crippen molar-refractivity contribution in [2.75, 3.05) is 0 Å². The molecule has 0 heterocycles. The minimum atomic E-state index is -0.934. The van der Waals surface area contributed by atoms with Gasteiger partial charge in [-0.05, 0) is 109 Å². The highest BCUT2D eigenvalue weighted by molar-refractivity contribution is 5.88. The van der Waals surface area contributed by atoms with Crippen LogP contribution in [0, 0.1) is 23.2 Å². The van der Waals surface area contributed by atoms with Crippen LogP contribution in [-0.4, -0.2) is 27.9 Å². The lowest BCUT2D eigenvalue weighted by Gasteiger charge is -2.50. The normalized spacial score (nSPS) is 29.6. The molecule has 5 atom stereocenters. The SMILES string of the molecule is C[C@]12CC[C@@H]3c4ccc(C(=O)O)cc4CC[C@H]3[C@@H]1CC[C@@H]2C(=O)CCc1ccc(C(=O)O)cc1. The molecule has 178 valence electrons. The van der Waals surface area contributed by atoms with Gasteiger partial charge in [-0.2, -0.15) is 0 Å². The van der Waals surface area contributed by atoms with Crippen molar-refractivity contribution in [2.45, 2.75) is 64.2 Å². The number of carbonyl (C=O) groups excluding carboxylic acids is 1. The number of carboxylic acids is 2. The fourth-order valence-electron chi connectivity index (χ4n) is 7.50. The summed E-state index contributed by atoms with van der Waals surface area (Å²) in [4.78, 5) is 35.8. The second-order valence-corrected chi connectivity index (χ2v) is 10.8. The second-order valence-electron chi connectivity index (χ2n) is 10.8. The van der Waals surface area contributed by atoms with E-state index in [0.29, 0.717) is 41.9 Å². The van der Waals surface area contributed by atoms with Crippen LogP contribution in [0.15, 0.2) is 42.5 Å². The number of benzene rings is 2. The average molecular weight is 461 g/mol. The van der Waals surface area contributed by atoms with Crippen molar-refractivity contribution in [3.63, 3.8) is 0 Å². The number of aromatic carboxylic acids is 2. The Morgan fingerprint density at radius 2 is 1.62 bits per heavy atom. The molecule has 0 unspecified atom stereocenters. The molecule has 2 N–H and O–H groups in total. The lowest BCUT2D eigenvalue weighted by Crippen LogP contribution is -2.44. The molecular weight excluding hydrogens is 428 g/mol. The number of ketones is 1. The van der Waals surface area contributed by atoms with Crippen molar-refractivity contribution in [1.29, 1.82) is 0 Å². The van der Waals surface area contributed by atoms with E-state index in [2.05, 4.69) is 6.92 Å². The smallest absolute Gasteiger partial charge is 0.335 e. The number of carbonyl (C=O) groups is 3. The van der Waals surface area contributed by atoms with Crippen LogP contribution in [-0.2, 0) is 17.6 Å². The Morgan fingerprint density at radius 3 is 2.32 bits per heavy atom. The summed E-state index contributed by atoms with van der Waals surface area (Å²) in [6.07, 6.45) is 7.35. The standard InChI is InChI=1S/C29H32O5/c1-29-15-14-22-21-9-8-20(28(33)34)16-19(21)7-10-23(22)24(29)11-12-25(29)26(30)13-4-17-2-5-18(6-3-17)27(31)32/h2-3,5-6,8-9,16,22-25H,4,7,10-15H2,1H3,(H,31,32)(H,33,34)/t22-,23-,24+,25-,29+/m1/s1. The zero-order valence-corrected chi connectivity index (χ0v) is 19.6. The predicted molar refractivity (Wildman–Crippen MR) is 128 cm³/mol. The third kappa shape index (κ3) is 3.85. The second kappa shape index (κ2) is 8.68. The zero-order chi connectivity index (χ0) is 24.0. The van der Waals surface area contributed by atoms with Crippen LogP contribution in [0.3, 0.4) is 0 Å². The minimum absolute atomic E-state index is 0.0456. The highest BCUT2D eigenvalue weighted by atomic mass is 16.4. The van der Waals surface area contributed by atoms with E-state index >= 15 is 0 Å². The number of hydrogen-bond donors (Lipinski definition) is 2.